The van der Waals surface area contributed by atoms with Crippen LogP contribution in [0.3, 0.4) is 0 Å². The first-order chi connectivity index (χ1) is 10.9. The standard InChI is InChI=1S/C10H4Cl7N3O2S2/c11-5-1-3-6(4-2-5)18-7(21)19(23-9(12,13)14)20(8(18)22)24-10(15,16)17/h1-4H. The van der Waals surface area contributed by atoms with Crippen molar-refractivity contribution in [2.24, 2.45) is 0 Å². The first-order valence-corrected chi connectivity index (χ1v) is 9.84. The van der Waals surface area contributed by atoms with Gasteiger partial charge in [-0.15, -0.1) is 0 Å². The molecule has 14 heteroatoms. The Morgan fingerprint density at radius 2 is 1.12 bits per heavy atom. The Kier molecular flexibility index (Phi) is 6.77. The maximum absolute atomic E-state index is 12.6. The first-order valence-electron chi connectivity index (χ1n) is 5.64. The molecule has 132 valence electrons. The summed E-state index contributed by atoms with van der Waals surface area (Å²) < 4.78 is -1.47. The van der Waals surface area contributed by atoms with E-state index in [4.69, 9.17) is 81.2 Å². The van der Waals surface area contributed by atoms with Crippen molar-refractivity contribution in [2.75, 3.05) is 0 Å². The third kappa shape index (κ3) is 5.34. The van der Waals surface area contributed by atoms with Gasteiger partial charge >= 0.3 is 11.4 Å². The number of nitrogens with zero attached hydrogens (tertiary/aromatic N) is 3. The summed E-state index contributed by atoms with van der Waals surface area (Å²) in [5.74, 6) is 0. The van der Waals surface area contributed by atoms with Crippen LogP contribution in [0.25, 0.3) is 5.69 Å². The second kappa shape index (κ2) is 7.74. The van der Waals surface area contributed by atoms with Crippen LogP contribution < -0.4 is 11.4 Å². The maximum Gasteiger partial charge on any atom is 0.363 e. The quantitative estimate of drug-likeness (QED) is 0.539. The summed E-state index contributed by atoms with van der Waals surface area (Å²) in [6, 6.07) is 5.96. The fourth-order valence-electron chi connectivity index (χ4n) is 1.57. The van der Waals surface area contributed by atoms with Crippen LogP contribution >= 0.6 is 105 Å². The Labute approximate surface area is 178 Å². The van der Waals surface area contributed by atoms with E-state index in [9.17, 15) is 9.59 Å². The highest BCUT2D eigenvalue weighted by molar-refractivity contribution is 8.05. The van der Waals surface area contributed by atoms with Gasteiger partial charge in [-0.1, -0.05) is 81.2 Å². The molecule has 1 aromatic carbocycles. The van der Waals surface area contributed by atoms with Crippen molar-refractivity contribution in [2.45, 2.75) is 6.25 Å². The van der Waals surface area contributed by atoms with Gasteiger partial charge in [-0.05, 0) is 24.3 Å². The minimum absolute atomic E-state index is 0.247. The van der Waals surface area contributed by atoms with Crippen molar-refractivity contribution in [3.8, 4) is 5.69 Å². The van der Waals surface area contributed by atoms with Gasteiger partial charge in [0.05, 0.1) is 5.69 Å². The first kappa shape index (κ1) is 21.0. The van der Waals surface area contributed by atoms with Crippen LogP contribution in [-0.2, 0) is 0 Å². The normalized spacial score (nSPS) is 12.6. The number of benzene rings is 1. The lowest BCUT2D eigenvalue weighted by atomic mass is 10.3. The molecule has 0 aliphatic carbocycles. The molecule has 0 aliphatic heterocycles. The molecule has 2 aromatic rings. The van der Waals surface area contributed by atoms with Gasteiger partial charge in [0.2, 0.25) is 0 Å². The lowest BCUT2D eigenvalue weighted by molar-refractivity contribution is 0.888. The molecule has 0 fully saturated rings. The predicted molar refractivity (Wildman–Crippen MR) is 106 cm³/mol. The molecule has 1 aromatic heterocycles. The van der Waals surface area contributed by atoms with E-state index in [2.05, 4.69) is 0 Å². The molecular formula is C10H4Cl7N3O2S2. The van der Waals surface area contributed by atoms with E-state index in [1.807, 2.05) is 0 Å². The maximum atomic E-state index is 12.6. The van der Waals surface area contributed by atoms with E-state index in [1.54, 1.807) is 0 Å². The van der Waals surface area contributed by atoms with Crippen molar-refractivity contribution < 1.29 is 0 Å². The summed E-state index contributed by atoms with van der Waals surface area (Å²) in [7, 11) is 0. The number of halogens is 7. The van der Waals surface area contributed by atoms with Gasteiger partial charge in [-0.3, -0.25) is 0 Å². The van der Waals surface area contributed by atoms with Crippen molar-refractivity contribution in [1.29, 1.82) is 0 Å². The Balaban J connectivity index is 2.69. The summed E-state index contributed by atoms with van der Waals surface area (Å²) in [5, 5.41) is 0.429. The summed E-state index contributed by atoms with van der Waals surface area (Å²) in [5.41, 5.74) is -1.36. The Bertz CT molecular complexity index is 800. The van der Waals surface area contributed by atoms with E-state index >= 15 is 0 Å². The molecule has 0 atom stereocenters. The van der Waals surface area contributed by atoms with Gasteiger partial charge in [0.15, 0.2) is 0 Å². The van der Waals surface area contributed by atoms with Gasteiger partial charge in [0, 0.05) is 28.9 Å². The number of hydrogen-bond donors (Lipinski definition) is 0. The third-order valence-electron chi connectivity index (χ3n) is 2.34. The summed E-state index contributed by atoms with van der Waals surface area (Å²) in [6.07, 6.45) is 0. The minimum atomic E-state index is -1.93. The smallest absolute Gasteiger partial charge is 0.244 e. The summed E-state index contributed by atoms with van der Waals surface area (Å²) in [4.78, 5) is 25.2. The average Bonchev–Trinajstić information content (AvgIpc) is 2.61. The Morgan fingerprint density at radius 1 is 0.750 bits per heavy atom. The summed E-state index contributed by atoms with van der Waals surface area (Å²) in [6.45, 7) is 0. The van der Waals surface area contributed by atoms with E-state index in [0.29, 0.717) is 28.9 Å². The highest BCUT2D eigenvalue weighted by Gasteiger charge is 2.32. The van der Waals surface area contributed by atoms with Gasteiger partial charge in [-0.2, -0.15) is 8.17 Å². The monoisotopic (exact) mass is 507 g/mol. The Hall–Kier alpha value is 0.690. The van der Waals surface area contributed by atoms with Crippen LogP contribution in [0, 0.1) is 0 Å². The highest BCUT2D eigenvalue weighted by atomic mass is 35.6. The van der Waals surface area contributed by atoms with Crippen LogP contribution in [0.5, 0.6) is 0 Å². The van der Waals surface area contributed by atoms with Crippen molar-refractivity contribution in [1.82, 2.24) is 12.7 Å². The zero-order valence-corrected chi connectivity index (χ0v) is 17.9. The third-order valence-corrected chi connectivity index (χ3v) is 5.34. The van der Waals surface area contributed by atoms with Crippen LogP contribution in [0.1, 0.15) is 0 Å². The molecule has 0 bridgehead atoms. The molecule has 0 amide bonds. The van der Waals surface area contributed by atoms with Crippen molar-refractivity contribution >= 4 is 105 Å². The lowest BCUT2D eigenvalue weighted by Gasteiger charge is -2.14. The number of aromatic nitrogens is 3. The predicted octanol–water partition coefficient (Wildman–Crippen LogP) is 5.10. The fourth-order valence-corrected chi connectivity index (χ4v) is 4.07. The van der Waals surface area contributed by atoms with Gasteiger partial charge < -0.3 is 0 Å². The van der Waals surface area contributed by atoms with Crippen LogP contribution in [-0.4, -0.2) is 19.0 Å². The van der Waals surface area contributed by atoms with Gasteiger partial charge in [-0.25, -0.2) is 14.2 Å². The molecule has 0 N–H and O–H groups in total. The zero-order chi connectivity index (χ0) is 18.3. The van der Waals surface area contributed by atoms with Crippen molar-refractivity contribution in [3.05, 3.63) is 50.3 Å². The number of alkyl halides is 6. The molecule has 24 heavy (non-hydrogen) atoms. The minimum Gasteiger partial charge on any atom is -0.244 e. The van der Waals surface area contributed by atoms with E-state index < -0.39 is 17.6 Å². The van der Waals surface area contributed by atoms with Crippen LogP contribution in [0.15, 0.2) is 33.9 Å². The second-order valence-electron chi connectivity index (χ2n) is 4.00. The molecule has 1 heterocycles. The molecule has 0 saturated carbocycles. The highest BCUT2D eigenvalue weighted by Crippen LogP contribution is 2.42. The van der Waals surface area contributed by atoms with Crippen LogP contribution in [0.2, 0.25) is 5.02 Å². The SMILES string of the molecule is O=c1n(-c2ccc(Cl)cc2)c(=O)n(SC(Cl)(Cl)Cl)n1SC(Cl)(Cl)Cl. The van der Waals surface area contributed by atoms with Crippen molar-refractivity contribution in [3.63, 3.8) is 0 Å². The molecule has 0 unspecified atom stereocenters. The van der Waals surface area contributed by atoms with Crippen LogP contribution in [0.4, 0.5) is 0 Å². The lowest BCUT2D eigenvalue weighted by Crippen LogP contribution is -2.26. The van der Waals surface area contributed by atoms with E-state index in [-0.39, 0.29) is 5.69 Å². The number of hydrogen-bond acceptors (Lipinski definition) is 4. The van der Waals surface area contributed by atoms with E-state index in [1.165, 1.54) is 24.3 Å². The molecule has 0 radical (unpaired) electrons. The molecule has 2 rings (SSSR count). The molecule has 0 saturated heterocycles. The number of rotatable bonds is 3. The summed E-state index contributed by atoms with van der Waals surface area (Å²) >= 11 is 40.9. The second-order valence-corrected chi connectivity index (χ2v) is 12.6. The molecular weight excluding hydrogens is 506 g/mol. The molecule has 0 aliphatic rings. The topological polar surface area (TPSA) is 48.9 Å². The zero-order valence-electron chi connectivity index (χ0n) is 10.9. The fraction of sp³-hybridized carbons (Fsp3) is 0.200. The molecule has 0 spiro atoms. The Morgan fingerprint density at radius 3 is 1.46 bits per heavy atom. The molecule has 5 nitrogen and oxygen atoms in total. The van der Waals surface area contributed by atoms with E-state index in [0.717, 1.165) is 12.7 Å². The largest absolute Gasteiger partial charge is 0.363 e. The van der Waals surface area contributed by atoms with Gasteiger partial charge in [0.25, 0.3) is 6.25 Å². The van der Waals surface area contributed by atoms with Gasteiger partial charge in [0.1, 0.15) is 0 Å². The average molecular weight is 510 g/mol.